The molecule has 0 atom stereocenters. The molecular formula is C8H8N3OS. The van der Waals surface area contributed by atoms with E-state index in [9.17, 15) is 0 Å². The van der Waals surface area contributed by atoms with E-state index in [-0.39, 0.29) is 0 Å². The molecule has 0 saturated heterocycles. The zero-order chi connectivity index (χ0) is 9.26. The van der Waals surface area contributed by atoms with Crippen molar-refractivity contribution >= 4 is 18.3 Å². The Morgan fingerprint density at radius 3 is 3.23 bits per heavy atom. The van der Waals surface area contributed by atoms with Crippen LogP contribution in [0.25, 0.3) is 5.65 Å². The number of methoxy groups -OCH3 is 1. The predicted molar refractivity (Wildman–Crippen MR) is 49.6 cm³/mol. The van der Waals surface area contributed by atoms with Crippen molar-refractivity contribution in [3.63, 3.8) is 0 Å². The Morgan fingerprint density at radius 2 is 2.46 bits per heavy atom. The number of nitrogens with zero attached hydrogens (tertiary/aromatic N) is 3. The van der Waals surface area contributed by atoms with Gasteiger partial charge >= 0.3 is 0 Å². The van der Waals surface area contributed by atoms with Crippen LogP contribution in [0, 0.1) is 0 Å². The molecule has 0 aliphatic carbocycles. The molecule has 4 nitrogen and oxygen atoms in total. The molecule has 13 heavy (non-hydrogen) atoms. The summed E-state index contributed by atoms with van der Waals surface area (Å²) in [6, 6.07) is 3.60. The van der Waals surface area contributed by atoms with E-state index in [1.54, 1.807) is 23.9 Å². The second kappa shape index (κ2) is 3.27. The van der Waals surface area contributed by atoms with Crippen LogP contribution >= 0.6 is 12.6 Å². The molecule has 2 aromatic heterocycles. The van der Waals surface area contributed by atoms with Crippen molar-refractivity contribution in [1.82, 2.24) is 14.6 Å². The normalized spacial score (nSPS) is 10.8. The van der Waals surface area contributed by atoms with E-state index in [0.29, 0.717) is 11.6 Å². The van der Waals surface area contributed by atoms with Gasteiger partial charge < -0.3 is 4.74 Å². The third-order valence-corrected chi connectivity index (χ3v) is 1.96. The van der Waals surface area contributed by atoms with Crippen LogP contribution in [0.2, 0.25) is 0 Å². The van der Waals surface area contributed by atoms with E-state index in [2.05, 4.69) is 10.1 Å². The molecule has 0 unspecified atom stereocenters. The van der Waals surface area contributed by atoms with E-state index in [4.69, 9.17) is 17.4 Å². The summed E-state index contributed by atoms with van der Waals surface area (Å²) in [7, 11) is 1.63. The molecule has 0 aromatic carbocycles. The first-order chi connectivity index (χ1) is 6.31. The van der Waals surface area contributed by atoms with Gasteiger partial charge in [-0.1, -0.05) is 12.6 Å². The fraction of sp³-hybridized carbons (Fsp3) is 0.250. The van der Waals surface area contributed by atoms with Gasteiger partial charge in [0.1, 0.15) is 5.03 Å². The summed E-state index contributed by atoms with van der Waals surface area (Å²) < 4.78 is 6.59. The highest BCUT2D eigenvalue weighted by Crippen LogP contribution is 2.10. The fourth-order valence-corrected chi connectivity index (χ4v) is 1.43. The Hall–Kier alpha value is -1.20. The van der Waals surface area contributed by atoms with Gasteiger partial charge in [0, 0.05) is 13.2 Å². The second-order valence-electron chi connectivity index (χ2n) is 2.62. The Bertz CT molecular complexity index is 426. The largest absolute Gasteiger partial charge is 0.378 e. The second-order valence-corrected chi connectivity index (χ2v) is 3.04. The molecule has 0 aliphatic heterocycles. The quantitative estimate of drug-likeness (QED) is 0.679. The fourth-order valence-electron chi connectivity index (χ4n) is 1.16. The summed E-state index contributed by atoms with van der Waals surface area (Å²) in [5, 5.41) is 4.68. The van der Waals surface area contributed by atoms with Crippen molar-refractivity contribution in [2.24, 2.45) is 0 Å². The molecule has 0 spiro atoms. The van der Waals surface area contributed by atoms with Crippen molar-refractivity contribution in [2.75, 3.05) is 7.11 Å². The monoisotopic (exact) mass is 194 g/mol. The highest BCUT2D eigenvalue weighted by molar-refractivity contribution is 7.80. The van der Waals surface area contributed by atoms with Gasteiger partial charge in [-0.3, -0.25) is 0 Å². The lowest BCUT2D eigenvalue weighted by Gasteiger charge is -2.01. The third-order valence-electron chi connectivity index (χ3n) is 1.67. The van der Waals surface area contributed by atoms with Crippen LogP contribution in [0.4, 0.5) is 0 Å². The smallest absolute Gasteiger partial charge is 0.156 e. The van der Waals surface area contributed by atoms with E-state index in [0.717, 1.165) is 11.3 Å². The molecule has 0 N–H and O–H groups in total. The maximum atomic E-state index is 5.11. The van der Waals surface area contributed by atoms with Crippen molar-refractivity contribution in [3.05, 3.63) is 24.0 Å². The Balaban J connectivity index is 2.56. The summed E-state index contributed by atoms with van der Waals surface area (Å²) in [5.41, 5.74) is 1.60. The van der Waals surface area contributed by atoms with Crippen LogP contribution in [0.15, 0.2) is 23.4 Å². The molecule has 1 radical (unpaired) electrons. The summed E-state index contributed by atoms with van der Waals surface area (Å²) in [6.45, 7) is 0.478. The Morgan fingerprint density at radius 1 is 1.62 bits per heavy atom. The van der Waals surface area contributed by atoms with Crippen LogP contribution in [0.1, 0.15) is 5.69 Å². The SMILES string of the molecule is COCc1cc([S])n2nccc2n1. The minimum absolute atomic E-state index is 0.478. The lowest BCUT2D eigenvalue weighted by Crippen LogP contribution is -1.98. The van der Waals surface area contributed by atoms with Crippen LogP contribution < -0.4 is 0 Å². The summed E-state index contributed by atoms with van der Waals surface area (Å²) in [6.07, 6.45) is 1.68. The predicted octanol–water partition coefficient (Wildman–Crippen LogP) is 1.43. The lowest BCUT2D eigenvalue weighted by molar-refractivity contribution is 0.181. The zero-order valence-corrected chi connectivity index (χ0v) is 7.91. The van der Waals surface area contributed by atoms with Gasteiger partial charge in [0.15, 0.2) is 5.65 Å². The maximum absolute atomic E-state index is 5.11. The molecule has 0 aliphatic rings. The number of hydrogen-bond acceptors (Lipinski definition) is 3. The molecule has 2 rings (SSSR count). The van der Waals surface area contributed by atoms with Gasteiger partial charge in [-0.15, -0.1) is 0 Å². The molecule has 0 saturated carbocycles. The molecule has 2 aromatic rings. The van der Waals surface area contributed by atoms with E-state index >= 15 is 0 Å². The number of hydrogen-bond donors (Lipinski definition) is 0. The van der Waals surface area contributed by atoms with Crippen LogP contribution in [0.5, 0.6) is 0 Å². The van der Waals surface area contributed by atoms with Crippen molar-refractivity contribution in [1.29, 1.82) is 0 Å². The molecule has 2 heterocycles. The first kappa shape index (κ1) is 8.40. The Labute approximate surface area is 81.0 Å². The maximum Gasteiger partial charge on any atom is 0.156 e. The molecule has 0 fully saturated rings. The third kappa shape index (κ3) is 1.48. The average Bonchev–Trinajstić information content (AvgIpc) is 2.53. The van der Waals surface area contributed by atoms with Gasteiger partial charge in [-0.25, -0.2) is 9.50 Å². The van der Waals surface area contributed by atoms with Gasteiger partial charge in [-0.2, -0.15) is 5.10 Å². The van der Waals surface area contributed by atoms with Crippen molar-refractivity contribution in [2.45, 2.75) is 11.6 Å². The number of ether oxygens (including phenoxy) is 1. The van der Waals surface area contributed by atoms with E-state index in [1.807, 2.05) is 6.07 Å². The standard InChI is InChI=1S/C8H8N3OS/c1-12-5-6-4-8(13)11-7(10-6)2-3-9-11/h2-4H,5H2,1H3. The molecule has 0 amide bonds. The molecular weight excluding hydrogens is 186 g/mol. The number of rotatable bonds is 2. The molecule has 67 valence electrons. The number of aromatic nitrogens is 3. The minimum Gasteiger partial charge on any atom is -0.378 e. The average molecular weight is 194 g/mol. The van der Waals surface area contributed by atoms with Gasteiger partial charge in [0.2, 0.25) is 0 Å². The number of fused-ring (bicyclic) bond motifs is 1. The van der Waals surface area contributed by atoms with Crippen LogP contribution in [-0.2, 0) is 11.3 Å². The minimum atomic E-state index is 0.478. The van der Waals surface area contributed by atoms with Crippen LogP contribution in [0.3, 0.4) is 0 Å². The van der Waals surface area contributed by atoms with E-state index in [1.165, 1.54) is 0 Å². The highest BCUT2D eigenvalue weighted by Gasteiger charge is 2.03. The first-order valence-corrected chi connectivity index (χ1v) is 4.21. The van der Waals surface area contributed by atoms with Crippen molar-refractivity contribution < 1.29 is 4.74 Å². The topological polar surface area (TPSA) is 39.4 Å². The molecule has 0 bridgehead atoms. The van der Waals surface area contributed by atoms with Crippen molar-refractivity contribution in [3.8, 4) is 0 Å². The zero-order valence-electron chi connectivity index (χ0n) is 7.10. The van der Waals surface area contributed by atoms with Gasteiger partial charge in [-0.05, 0) is 6.07 Å². The summed E-state index contributed by atoms with van der Waals surface area (Å²) in [4.78, 5) is 4.29. The first-order valence-electron chi connectivity index (χ1n) is 3.81. The van der Waals surface area contributed by atoms with Crippen LogP contribution in [-0.4, -0.2) is 21.7 Å². The highest BCUT2D eigenvalue weighted by atomic mass is 32.1. The summed E-state index contributed by atoms with van der Waals surface area (Å²) >= 11 is 5.11. The van der Waals surface area contributed by atoms with Gasteiger partial charge in [0.05, 0.1) is 18.5 Å². The Kier molecular flexibility index (Phi) is 2.12. The van der Waals surface area contributed by atoms with E-state index < -0.39 is 0 Å². The summed E-state index contributed by atoms with van der Waals surface area (Å²) in [5.74, 6) is 0. The molecule has 5 heteroatoms. The van der Waals surface area contributed by atoms with Gasteiger partial charge in [0.25, 0.3) is 0 Å². The lowest BCUT2D eigenvalue weighted by atomic mass is 10.4.